The first-order valence-corrected chi connectivity index (χ1v) is 9.08. The monoisotopic (exact) mass is 400 g/mol. The molecule has 0 fully saturated rings. The maximum atomic E-state index is 12.3. The van der Waals surface area contributed by atoms with Gasteiger partial charge < -0.3 is 15.4 Å². The minimum atomic E-state index is -0.257. The molecule has 8 nitrogen and oxygen atoms in total. The van der Waals surface area contributed by atoms with Gasteiger partial charge in [-0.25, -0.2) is 4.68 Å². The zero-order valence-electron chi connectivity index (χ0n) is 15.9. The number of methoxy groups -OCH3 is 1. The van der Waals surface area contributed by atoms with Gasteiger partial charge in [-0.1, -0.05) is 11.6 Å². The van der Waals surface area contributed by atoms with Crippen molar-refractivity contribution in [1.82, 2.24) is 25.3 Å². The van der Waals surface area contributed by atoms with Gasteiger partial charge in [0.1, 0.15) is 11.6 Å². The van der Waals surface area contributed by atoms with Crippen LogP contribution in [0.25, 0.3) is 5.82 Å². The van der Waals surface area contributed by atoms with E-state index in [1.165, 1.54) is 7.11 Å². The minimum absolute atomic E-state index is 0.257. The van der Waals surface area contributed by atoms with Crippen LogP contribution in [0.3, 0.4) is 0 Å². The second-order valence-corrected chi connectivity index (χ2v) is 6.58. The number of carbonyl (C=O) groups excluding carboxylic acids is 1. The molecule has 28 heavy (non-hydrogen) atoms. The van der Waals surface area contributed by atoms with Crippen LogP contribution in [0.15, 0.2) is 36.4 Å². The molecule has 0 bridgehead atoms. The Morgan fingerprint density at radius 2 is 1.96 bits per heavy atom. The van der Waals surface area contributed by atoms with Gasteiger partial charge in [0.25, 0.3) is 5.91 Å². The fourth-order valence-corrected chi connectivity index (χ4v) is 2.88. The zero-order valence-corrected chi connectivity index (χ0v) is 16.6. The Morgan fingerprint density at radius 3 is 2.61 bits per heavy atom. The molecule has 146 valence electrons. The molecule has 3 rings (SSSR count). The van der Waals surface area contributed by atoms with Gasteiger partial charge in [-0.05, 0) is 50.2 Å². The highest BCUT2D eigenvalue weighted by molar-refractivity contribution is 6.31. The second kappa shape index (κ2) is 8.71. The number of halogens is 1. The molecule has 0 aliphatic carbocycles. The third kappa shape index (κ3) is 4.58. The Morgan fingerprint density at radius 1 is 1.14 bits per heavy atom. The predicted molar refractivity (Wildman–Crippen MR) is 107 cm³/mol. The summed E-state index contributed by atoms with van der Waals surface area (Å²) in [7, 11) is 1.51. The van der Waals surface area contributed by atoms with Crippen LogP contribution in [-0.4, -0.2) is 46.1 Å². The molecule has 0 spiro atoms. The Bertz CT molecular complexity index is 971. The molecule has 0 atom stereocenters. The normalized spacial score (nSPS) is 10.6. The Labute approximate surface area is 167 Å². The van der Waals surface area contributed by atoms with Gasteiger partial charge in [0.2, 0.25) is 0 Å². The standard InChI is InChI=1S/C19H21ClN6O2/c1-12-10-13(2)26(25-12)18-7-6-17(23-24-18)21-8-9-22-19(27)15-11-14(20)4-5-16(15)28-3/h4-7,10-11H,8-9H2,1-3H3,(H,21,23)(H,22,27). The lowest BCUT2D eigenvalue weighted by molar-refractivity contribution is 0.0952. The van der Waals surface area contributed by atoms with Gasteiger partial charge in [0.15, 0.2) is 5.82 Å². The third-order valence-corrected chi connectivity index (χ3v) is 4.23. The maximum absolute atomic E-state index is 12.3. The molecule has 3 aromatic rings. The van der Waals surface area contributed by atoms with Gasteiger partial charge in [-0.2, -0.15) is 5.10 Å². The van der Waals surface area contributed by atoms with Gasteiger partial charge in [-0.15, -0.1) is 10.2 Å². The van der Waals surface area contributed by atoms with Gasteiger partial charge in [0.05, 0.1) is 18.4 Å². The summed E-state index contributed by atoms with van der Waals surface area (Å²) in [6, 6.07) is 10.5. The third-order valence-electron chi connectivity index (χ3n) is 4.00. The van der Waals surface area contributed by atoms with Crippen LogP contribution >= 0.6 is 11.6 Å². The van der Waals surface area contributed by atoms with E-state index in [4.69, 9.17) is 16.3 Å². The molecule has 0 aliphatic heterocycles. The molecule has 0 saturated carbocycles. The Kier molecular flexibility index (Phi) is 6.10. The fraction of sp³-hybridized carbons (Fsp3) is 0.263. The fourth-order valence-electron chi connectivity index (χ4n) is 2.71. The van der Waals surface area contributed by atoms with E-state index >= 15 is 0 Å². The number of hydrogen-bond donors (Lipinski definition) is 2. The number of ether oxygens (including phenoxy) is 1. The van der Waals surface area contributed by atoms with Gasteiger partial charge >= 0.3 is 0 Å². The summed E-state index contributed by atoms with van der Waals surface area (Å²) in [6.07, 6.45) is 0. The van der Waals surface area contributed by atoms with Crippen LogP contribution in [0, 0.1) is 13.8 Å². The lowest BCUT2D eigenvalue weighted by Gasteiger charge is -2.10. The number of aryl methyl sites for hydroxylation is 2. The Balaban J connectivity index is 1.52. The van der Waals surface area contributed by atoms with E-state index in [2.05, 4.69) is 25.9 Å². The van der Waals surface area contributed by atoms with E-state index in [1.54, 1.807) is 22.9 Å². The predicted octanol–water partition coefficient (Wildman–Crippen LogP) is 2.78. The summed E-state index contributed by atoms with van der Waals surface area (Å²) in [5.74, 6) is 1.48. The van der Waals surface area contributed by atoms with Crippen LogP contribution in [0.1, 0.15) is 21.7 Å². The van der Waals surface area contributed by atoms with Crippen LogP contribution in [-0.2, 0) is 0 Å². The van der Waals surface area contributed by atoms with Crippen molar-refractivity contribution in [1.29, 1.82) is 0 Å². The molecular formula is C19H21ClN6O2. The average molecular weight is 401 g/mol. The highest BCUT2D eigenvalue weighted by atomic mass is 35.5. The smallest absolute Gasteiger partial charge is 0.255 e. The molecule has 1 amide bonds. The van der Waals surface area contributed by atoms with E-state index in [0.29, 0.717) is 41.1 Å². The highest BCUT2D eigenvalue weighted by Gasteiger charge is 2.12. The number of rotatable bonds is 7. The SMILES string of the molecule is COc1ccc(Cl)cc1C(=O)NCCNc1ccc(-n2nc(C)cc2C)nn1. The number of anilines is 1. The van der Waals surface area contributed by atoms with Gasteiger partial charge in [-0.3, -0.25) is 4.79 Å². The number of nitrogens with zero attached hydrogens (tertiary/aromatic N) is 4. The largest absolute Gasteiger partial charge is 0.496 e. The highest BCUT2D eigenvalue weighted by Crippen LogP contribution is 2.22. The summed E-state index contributed by atoms with van der Waals surface area (Å²) in [6.45, 7) is 4.78. The summed E-state index contributed by atoms with van der Waals surface area (Å²) < 4.78 is 6.93. The molecule has 0 saturated heterocycles. The lowest BCUT2D eigenvalue weighted by Crippen LogP contribution is -2.29. The number of amides is 1. The van der Waals surface area contributed by atoms with Crippen molar-refractivity contribution >= 4 is 23.3 Å². The molecule has 1 aromatic carbocycles. The van der Waals surface area contributed by atoms with Crippen molar-refractivity contribution < 1.29 is 9.53 Å². The number of benzene rings is 1. The number of carbonyl (C=O) groups is 1. The first-order valence-electron chi connectivity index (χ1n) is 8.71. The van der Waals surface area contributed by atoms with Crippen LogP contribution < -0.4 is 15.4 Å². The lowest BCUT2D eigenvalue weighted by atomic mass is 10.2. The molecule has 2 N–H and O–H groups in total. The maximum Gasteiger partial charge on any atom is 0.255 e. The average Bonchev–Trinajstić information content (AvgIpc) is 3.03. The van der Waals surface area contributed by atoms with E-state index in [9.17, 15) is 4.79 Å². The van der Waals surface area contributed by atoms with Crippen molar-refractivity contribution in [3.8, 4) is 11.6 Å². The molecule has 0 unspecified atom stereocenters. The van der Waals surface area contributed by atoms with Crippen LogP contribution in [0.2, 0.25) is 5.02 Å². The van der Waals surface area contributed by atoms with E-state index in [0.717, 1.165) is 11.4 Å². The van der Waals surface area contributed by atoms with Crippen LogP contribution in [0.5, 0.6) is 5.75 Å². The summed E-state index contributed by atoms with van der Waals surface area (Å²) in [4.78, 5) is 12.3. The van der Waals surface area contributed by atoms with Crippen molar-refractivity contribution in [3.05, 3.63) is 58.4 Å². The minimum Gasteiger partial charge on any atom is -0.496 e. The van der Waals surface area contributed by atoms with Crippen molar-refractivity contribution in [3.63, 3.8) is 0 Å². The first kappa shape index (κ1) is 19.6. The Hall–Kier alpha value is -3.13. The van der Waals surface area contributed by atoms with Crippen molar-refractivity contribution in [2.45, 2.75) is 13.8 Å². The van der Waals surface area contributed by atoms with Gasteiger partial charge in [0, 0.05) is 23.8 Å². The number of aromatic nitrogens is 4. The second-order valence-electron chi connectivity index (χ2n) is 6.14. The van der Waals surface area contributed by atoms with Crippen molar-refractivity contribution in [2.24, 2.45) is 0 Å². The molecule has 9 heteroatoms. The number of nitrogens with one attached hydrogen (secondary N) is 2. The quantitative estimate of drug-likeness (QED) is 0.592. The summed E-state index contributed by atoms with van der Waals surface area (Å²) in [5, 5.41) is 19.1. The molecule has 2 heterocycles. The summed E-state index contributed by atoms with van der Waals surface area (Å²) >= 11 is 5.96. The summed E-state index contributed by atoms with van der Waals surface area (Å²) in [5.41, 5.74) is 2.31. The van der Waals surface area contributed by atoms with Crippen LogP contribution in [0.4, 0.5) is 5.82 Å². The van der Waals surface area contributed by atoms with Crippen molar-refractivity contribution in [2.75, 3.05) is 25.5 Å². The van der Waals surface area contributed by atoms with E-state index in [1.807, 2.05) is 32.0 Å². The number of hydrogen-bond acceptors (Lipinski definition) is 6. The van der Waals surface area contributed by atoms with E-state index < -0.39 is 0 Å². The van der Waals surface area contributed by atoms with E-state index in [-0.39, 0.29) is 5.91 Å². The molecule has 0 radical (unpaired) electrons. The topological polar surface area (TPSA) is 94.0 Å². The zero-order chi connectivity index (χ0) is 20.1. The molecule has 0 aliphatic rings. The first-order chi connectivity index (χ1) is 13.5. The molecular weight excluding hydrogens is 380 g/mol. The molecule has 2 aromatic heterocycles.